The summed E-state index contributed by atoms with van der Waals surface area (Å²) < 4.78 is 2.47. The van der Waals surface area contributed by atoms with Crippen molar-refractivity contribution in [1.82, 2.24) is 9.78 Å². The largest absolute Gasteiger partial charge is 0.508 e. The van der Waals surface area contributed by atoms with Gasteiger partial charge >= 0.3 is 0 Å². The van der Waals surface area contributed by atoms with Crippen LogP contribution < -0.4 is 5.32 Å². The van der Waals surface area contributed by atoms with Gasteiger partial charge in [-0.25, -0.2) is 0 Å². The maximum Gasteiger partial charge on any atom is 0.246 e. The highest BCUT2D eigenvalue weighted by molar-refractivity contribution is 9.10. The zero-order valence-electron chi connectivity index (χ0n) is 13.1. The molecule has 0 radical (unpaired) electrons. The molecule has 0 saturated heterocycles. The van der Waals surface area contributed by atoms with E-state index < -0.39 is 0 Å². The zero-order valence-corrected chi connectivity index (χ0v) is 14.7. The highest BCUT2D eigenvalue weighted by atomic mass is 79.9. The molecule has 2 rings (SSSR count). The van der Waals surface area contributed by atoms with Gasteiger partial charge in [0, 0.05) is 11.9 Å². The standard InChI is InChI=1S/C16H20BrN3O2/c1-9(2)12-6-14(10(3)5-15(12)21)18-16(22)8-20-7-13(17)11(4)19-20/h5-7,9,21H,8H2,1-4H3,(H,18,22). The summed E-state index contributed by atoms with van der Waals surface area (Å²) in [5.74, 6) is 0.289. The quantitative estimate of drug-likeness (QED) is 0.811. The van der Waals surface area contributed by atoms with Gasteiger partial charge in [0.1, 0.15) is 12.3 Å². The third-order valence-electron chi connectivity index (χ3n) is 3.46. The normalized spacial score (nSPS) is 11.0. The van der Waals surface area contributed by atoms with Gasteiger partial charge in [0.15, 0.2) is 0 Å². The van der Waals surface area contributed by atoms with E-state index in [0.717, 1.165) is 27.0 Å². The number of carbonyl (C=O) groups is 1. The number of halogens is 1. The highest BCUT2D eigenvalue weighted by Gasteiger charge is 2.13. The van der Waals surface area contributed by atoms with Crippen molar-refractivity contribution >= 4 is 27.5 Å². The van der Waals surface area contributed by atoms with Crippen molar-refractivity contribution in [3.8, 4) is 5.75 Å². The van der Waals surface area contributed by atoms with Gasteiger partial charge in [-0.05, 0) is 59.0 Å². The molecule has 118 valence electrons. The summed E-state index contributed by atoms with van der Waals surface area (Å²) in [6.45, 7) is 7.87. The lowest BCUT2D eigenvalue weighted by atomic mass is 9.99. The van der Waals surface area contributed by atoms with Crippen LogP contribution in [-0.4, -0.2) is 20.8 Å². The fourth-order valence-electron chi connectivity index (χ4n) is 2.22. The van der Waals surface area contributed by atoms with Gasteiger partial charge in [-0.15, -0.1) is 0 Å². The number of phenolic OH excluding ortho intramolecular Hbond substituents is 1. The van der Waals surface area contributed by atoms with E-state index in [2.05, 4.69) is 26.3 Å². The molecule has 2 aromatic rings. The first-order chi connectivity index (χ1) is 10.3. The molecule has 1 aromatic heterocycles. The molecule has 0 atom stereocenters. The van der Waals surface area contributed by atoms with Gasteiger partial charge in [-0.1, -0.05) is 13.8 Å². The lowest BCUT2D eigenvalue weighted by Gasteiger charge is -2.14. The van der Waals surface area contributed by atoms with Crippen molar-refractivity contribution in [3.63, 3.8) is 0 Å². The number of nitrogens with zero attached hydrogens (tertiary/aromatic N) is 2. The van der Waals surface area contributed by atoms with Crippen molar-refractivity contribution in [1.29, 1.82) is 0 Å². The van der Waals surface area contributed by atoms with Crippen LogP contribution in [0, 0.1) is 13.8 Å². The summed E-state index contributed by atoms with van der Waals surface area (Å²) in [4.78, 5) is 12.2. The highest BCUT2D eigenvalue weighted by Crippen LogP contribution is 2.31. The fourth-order valence-corrected chi connectivity index (χ4v) is 2.53. The maximum absolute atomic E-state index is 12.2. The molecular formula is C16H20BrN3O2. The van der Waals surface area contributed by atoms with Gasteiger partial charge in [-0.2, -0.15) is 5.10 Å². The van der Waals surface area contributed by atoms with Crippen LogP contribution >= 0.6 is 15.9 Å². The molecule has 0 spiro atoms. The number of aromatic nitrogens is 2. The van der Waals surface area contributed by atoms with E-state index in [4.69, 9.17) is 0 Å². The molecule has 0 fully saturated rings. The molecule has 0 unspecified atom stereocenters. The number of aromatic hydroxyl groups is 1. The van der Waals surface area contributed by atoms with E-state index in [-0.39, 0.29) is 24.1 Å². The second-order valence-corrected chi connectivity index (χ2v) is 6.54. The summed E-state index contributed by atoms with van der Waals surface area (Å²) in [6, 6.07) is 3.51. The molecule has 6 heteroatoms. The third kappa shape index (κ3) is 3.68. The molecule has 22 heavy (non-hydrogen) atoms. The van der Waals surface area contributed by atoms with E-state index in [1.165, 1.54) is 0 Å². The molecule has 0 aliphatic heterocycles. The Kier molecular flexibility index (Phi) is 4.90. The Morgan fingerprint density at radius 2 is 2.09 bits per heavy atom. The minimum Gasteiger partial charge on any atom is -0.508 e. The third-order valence-corrected chi connectivity index (χ3v) is 4.24. The van der Waals surface area contributed by atoms with Crippen LogP contribution in [0.15, 0.2) is 22.8 Å². The number of benzene rings is 1. The number of nitrogens with one attached hydrogen (secondary N) is 1. The average Bonchev–Trinajstić information content (AvgIpc) is 2.70. The first kappa shape index (κ1) is 16.5. The predicted octanol–water partition coefficient (Wildman–Crippen LogP) is 3.73. The molecule has 1 amide bonds. The van der Waals surface area contributed by atoms with Crippen LogP contribution in [0.1, 0.15) is 36.6 Å². The van der Waals surface area contributed by atoms with Crippen molar-refractivity contribution in [2.75, 3.05) is 5.32 Å². The number of rotatable bonds is 4. The Bertz CT molecular complexity index is 688. The Hall–Kier alpha value is -1.82. The van der Waals surface area contributed by atoms with E-state index >= 15 is 0 Å². The number of anilines is 1. The van der Waals surface area contributed by atoms with Crippen LogP contribution in [-0.2, 0) is 11.3 Å². The monoisotopic (exact) mass is 365 g/mol. The lowest BCUT2D eigenvalue weighted by molar-refractivity contribution is -0.116. The number of hydrogen-bond donors (Lipinski definition) is 2. The van der Waals surface area contributed by atoms with Crippen LogP contribution in [0.4, 0.5) is 5.69 Å². The summed E-state index contributed by atoms with van der Waals surface area (Å²) >= 11 is 3.38. The molecule has 2 N–H and O–H groups in total. The van der Waals surface area contributed by atoms with Gasteiger partial charge in [-0.3, -0.25) is 9.48 Å². The first-order valence-corrected chi connectivity index (χ1v) is 7.90. The SMILES string of the molecule is Cc1cc(O)c(C(C)C)cc1NC(=O)Cn1cc(Br)c(C)n1. The number of carbonyl (C=O) groups excluding carboxylic acids is 1. The minimum atomic E-state index is -0.154. The van der Waals surface area contributed by atoms with E-state index in [1.807, 2.05) is 33.8 Å². The van der Waals surface area contributed by atoms with Crippen molar-refractivity contribution in [2.45, 2.75) is 40.2 Å². The Balaban J connectivity index is 2.16. The summed E-state index contributed by atoms with van der Waals surface area (Å²) in [7, 11) is 0. The molecule has 0 aliphatic carbocycles. The molecule has 1 aromatic carbocycles. The van der Waals surface area contributed by atoms with Crippen molar-refractivity contribution in [2.24, 2.45) is 0 Å². The Morgan fingerprint density at radius 1 is 1.41 bits per heavy atom. The topological polar surface area (TPSA) is 67.2 Å². The number of phenols is 1. The van der Waals surface area contributed by atoms with Crippen molar-refractivity contribution < 1.29 is 9.90 Å². The van der Waals surface area contributed by atoms with E-state index in [9.17, 15) is 9.90 Å². The van der Waals surface area contributed by atoms with Gasteiger partial charge in [0.05, 0.1) is 10.2 Å². The second-order valence-electron chi connectivity index (χ2n) is 5.69. The Labute approximate surface area is 138 Å². The Morgan fingerprint density at radius 3 is 2.64 bits per heavy atom. The van der Waals surface area contributed by atoms with Crippen molar-refractivity contribution in [3.05, 3.63) is 39.6 Å². The number of hydrogen-bond acceptors (Lipinski definition) is 3. The van der Waals surface area contributed by atoms with Gasteiger partial charge < -0.3 is 10.4 Å². The smallest absolute Gasteiger partial charge is 0.246 e. The van der Waals surface area contributed by atoms with Crippen LogP contribution in [0.25, 0.3) is 0 Å². The fraction of sp³-hybridized carbons (Fsp3) is 0.375. The molecular weight excluding hydrogens is 346 g/mol. The first-order valence-electron chi connectivity index (χ1n) is 7.11. The molecule has 1 heterocycles. The van der Waals surface area contributed by atoms with Crippen LogP contribution in [0.5, 0.6) is 5.75 Å². The minimum absolute atomic E-state index is 0.143. The van der Waals surface area contributed by atoms with Crippen LogP contribution in [0.2, 0.25) is 0 Å². The summed E-state index contributed by atoms with van der Waals surface area (Å²) in [6.07, 6.45) is 1.78. The molecule has 0 aliphatic rings. The van der Waals surface area contributed by atoms with Gasteiger partial charge in [0.25, 0.3) is 0 Å². The molecule has 5 nitrogen and oxygen atoms in total. The summed E-state index contributed by atoms with van der Waals surface area (Å²) in [5, 5.41) is 17.1. The molecule has 0 saturated carbocycles. The maximum atomic E-state index is 12.2. The van der Waals surface area contributed by atoms with E-state index in [1.54, 1.807) is 16.9 Å². The van der Waals surface area contributed by atoms with Crippen LogP contribution in [0.3, 0.4) is 0 Å². The van der Waals surface area contributed by atoms with E-state index in [0.29, 0.717) is 0 Å². The lowest BCUT2D eigenvalue weighted by Crippen LogP contribution is -2.19. The second kappa shape index (κ2) is 6.52. The average molecular weight is 366 g/mol. The predicted molar refractivity (Wildman–Crippen MR) is 90.2 cm³/mol. The zero-order chi connectivity index (χ0) is 16.4. The number of amides is 1. The number of aryl methyl sites for hydroxylation is 2. The summed E-state index contributed by atoms with van der Waals surface area (Å²) in [5.41, 5.74) is 3.21. The molecule has 0 bridgehead atoms. The van der Waals surface area contributed by atoms with Gasteiger partial charge in [0.2, 0.25) is 5.91 Å².